The summed E-state index contributed by atoms with van der Waals surface area (Å²) in [5.41, 5.74) is 4.60. The van der Waals surface area contributed by atoms with Crippen LogP contribution in [0.1, 0.15) is 46.0 Å². The first-order chi connectivity index (χ1) is 9.41. The lowest BCUT2D eigenvalue weighted by Gasteiger charge is -2.28. The van der Waals surface area contributed by atoms with Crippen LogP contribution in [0.3, 0.4) is 0 Å². The summed E-state index contributed by atoms with van der Waals surface area (Å²) in [6.45, 7) is 4.68. The number of rotatable bonds is 11. The SMILES string of the molecule is CCCNC(C)(CCCCC(NC)C(N)=O)C(=O)OC. The molecule has 0 aliphatic rings. The molecule has 0 heterocycles. The van der Waals surface area contributed by atoms with Crippen LogP contribution in [0.15, 0.2) is 0 Å². The number of carbonyl (C=O) groups is 2. The standard InChI is InChI=1S/C14H29N3O3/c1-5-10-17-14(2,13(19)20-4)9-7-6-8-11(16-3)12(15)18/h11,16-17H,5-10H2,1-4H3,(H2,15,18). The van der Waals surface area contributed by atoms with E-state index in [0.717, 1.165) is 25.8 Å². The van der Waals surface area contributed by atoms with E-state index in [-0.39, 0.29) is 17.9 Å². The Hall–Kier alpha value is -1.14. The third-order valence-corrected chi connectivity index (χ3v) is 3.51. The monoisotopic (exact) mass is 287 g/mol. The van der Waals surface area contributed by atoms with Crippen molar-refractivity contribution in [2.75, 3.05) is 20.7 Å². The number of nitrogens with two attached hydrogens (primary N) is 1. The van der Waals surface area contributed by atoms with Crippen LogP contribution in [-0.4, -0.2) is 44.2 Å². The van der Waals surface area contributed by atoms with Crippen molar-refractivity contribution >= 4 is 11.9 Å². The molecule has 0 rings (SSSR count). The molecule has 0 aliphatic heterocycles. The summed E-state index contributed by atoms with van der Waals surface area (Å²) in [6, 6.07) is -0.303. The average Bonchev–Trinajstić information content (AvgIpc) is 2.43. The van der Waals surface area contributed by atoms with Crippen molar-refractivity contribution in [2.24, 2.45) is 5.73 Å². The minimum absolute atomic E-state index is 0.244. The summed E-state index contributed by atoms with van der Waals surface area (Å²) in [5, 5.41) is 6.13. The van der Waals surface area contributed by atoms with Gasteiger partial charge < -0.3 is 21.1 Å². The molecule has 20 heavy (non-hydrogen) atoms. The number of primary amides is 1. The second kappa shape index (κ2) is 9.72. The highest BCUT2D eigenvalue weighted by Crippen LogP contribution is 2.17. The summed E-state index contributed by atoms with van der Waals surface area (Å²) in [4.78, 5) is 23.0. The summed E-state index contributed by atoms with van der Waals surface area (Å²) in [7, 11) is 3.12. The maximum absolute atomic E-state index is 11.9. The van der Waals surface area contributed by atoms with E-state index in [1.807, 2.05) is 6.92 Å². The number of hydrogen-bond acceptors (Lipinski definition) is 5. The maximum atomic E-state index is 11.9. The van der Waals surface area contributed by atoms with Crippen molar-refractivity contribution in [2.45, 2.75) is 57.5 Å². The number of nitrogens with one attached hydrogen (secondary N) is 2. The predicted molar refractivity (Wildman–Crippen MR) is 79.2 cm³/mol. The van der Waals surface area contributed by atoms with E-state index in [1.54, 1.807) is 7.05 Å². The van der Waals surface area contributed by atoms with E-state index in [9.17, 15) is 9.59 Å². The van der Waals surface area contributed by atoms with Crippen LogP contribution in [0.25, 0.3) is 0 Å². The molecule has 2 unspecified atom stereocenters. The minimum atomic E-state index is -0.660. The molecule has 118 valence electrons. The van der Waals surface area contributed by atoms with Gasteiger partial charge in [0.25, 0.3) is 0 Å². The van der Waals surface area contributed by atoms with Crippen LogP contribution < -0.4 is 16.4 Å². The van der Waals surface area contributed by atoms with Gasteiger partial charge in [0.2, 0.25) is 5.91 Å². The number of unbranched alkanes of at least 4 members (excludes halogenated alkanes) is 1. The van der Waals surface area contributed by atoms with Crippen LogP contribution >= 0.6 is 0 Å². The van der Waals surface area contributed by atoms with Crippen LogP contribution in [0.5, 0.6) is 0 Å². The van der Waals surface area contributed by atoms with Gasteiger partial charge >= 0.3 is 5.97 Å². The average molecular weight is 287 g/mol. The molecule has 2 atom stereocenters. The Morgan fingerprint density at radius 3 is 2.45 bits per heavy atom. The van der Waals surface area contributed by atoms with Gasteiger partial charge in [0.05, 0.1) is 13.2 Å². The third-order valence-electron chi connectivity index (χ3n) is 3.51. The lowest BCUT2D eigenvalue weighted by molar-refractivity contribution is -0.148. The fourth-order valence-corrected chi connectivity index (χ4v) is 2.14. The summed E-state index contributed by atoms with van der Waals surface area (Å²) < 4.78 is 4.86. The highest BCUT2D eigenvalue weighted by Gasteiger charge is 2.32. The number of carbonyl (C=O) groups excluding carboxylic acids is 2. The van der Waals surface area contributed by atoms with E-state index in [4.69, 9.17) is 10.5 Å². The predicted octanol–water partition coefficient (Wildman–Crippen LogP) is 0.551. The van der Waals surface area contributed by atoms with E-state index in [2.05, 4.69) is 17.6 Å². The van der Waals surface area contributed by atoms with Crippen molar-refractivity contribution in [3.8, 4) is 0 Å². The molecule has 6 heteroatoms. The summed E-state index contributed by atoms with van der Waals surface area (Å²) in [6.07, 6.45) is 3.96. The molecule has 0 aromatic carbocycles. The van der Waals surface area contributed by atoms with Gasteiger partial charge in [-0.3, -0.25) is 9.59 Å². The Balaban J connectivity index is 4.27. The van der Waals surface area contributed by atoms with Crippen molar-refractivity contribution < 1.29 is 14.3 Å². The van der Waals surface area contributed by atoms with Crippen LogP contribution in [0.4, 0.5) is 0 Å². The number of amides is 1. The minimum Gasteiger partial charge on any atom is -0.468 e. The molecule has 0 radical (unpaired) electrons. The van der Waals surface area contributed by atoms with E-state index in [0.29, 0.717) is 12.8 Å². The Morgan fingerprint density at radius 2 is 2.00 bits per heavy atom. The number of likely N-dealkylation sites (N-methyl/N-ethyl adjacent to an activating group) is 1. The molecule has 1 amide bonds. The molecule has 0 saturated heterocycles. The lowest BCUT2D eigenvalue weighted by atomic mass is 9.93. The Kier molecular flexibility index (Phi) is 9.16. The molecule has 6 nitrogen and oxygen atoms in total. The van der Waals surface area contributed by atoms with Crippen LogP contribution in [-0.2, 0) is 14.3 Å². The van der Waals surface area contributed by atoms with Gasteiger partial charge in [-0.1, -0.05) is 19.8 Å². The molecular weight excluding hydrogens is 258 g/mol. The lowest BCUT2D eigenvalue weighted by Crippen LogP contribution is -2.50. The highest BCUT2D eigenvalue weighted by atomic mass is 16.5. The quantitative estimate of drug-likeness (QED) is 0.381. The highest BCUT2D eigenvalue weighted by molar-refractivity contribution is 5.80. The Labute approximate surface area is 121 Å². The second-order valence-corrected chi connectivity index (χ2v) is 5.24. The van der Waals surface area contributed by atoms with Gasteiger partial charge in [-0.05, 0) is 39.8 Å². The molecule has 0 spiro atoms. The zero-order valence-electron chi connectivity index (χ0n) is 13.1. The number of methoxy groups -OCH3 is 1. The fraction of sp³-hybridized carbons (Fsp3) is 0.857. The van der Waals surface area contributed by atoms with Crippen molar-refractivity contribution in [3.05, 3.63) is 0 Å². The Morgan fingerprint density at radius 1 is 1.35 bits per heavy atom. The summed E-state index contributed by atoms with van der Waals surface area (Å²) in [5.74, 6) is -0.585. The number of esters is 1. The van der Waals surface area contributed by atoms with Gasteiger partial charge in [-0.15, -0.1) is 0 Å². The molecule has 0 aliphatic carbocycles. The second-order valence-electron chi connectivity index (χ2n) is 5.24. The first-order valence-corrected chi connectivity index (χ1v) is 7.21. The van der Waals surface area contributed by atoms with Gasteiger partial charge in [0, 0.05) is 0 Å². The third kappa shape index (κ3) is 6.34. The largest absolute Gasteiger partial charge is 0.468 e. The van der Waals surface area contributed by atoms with Gasteiger partial charge in [-0.2, -0.15) is 0 Å². The van der Waals surface area contributed by atoms with E-state index >= 15 is 0 Å². The molecule has 0 aromatic rings. The van der Waals surface area contributed by atoms with Gasteiger partial charge in [-0.25, -0.2) is 0 Å². The van der Waals surface area contributed by atoms with Crippen molar-refractivity contribution in [1.29, 1.82) is 0 Å². The molecule has 0 bridgehead atoms. The summed E-state index contributed by atoms with van der Waals surface area (Å²) >= 11 is 0. The first-order valence-electron chi connectivity index (χ1n) is 7.21. The number of hydrogen-bond donors (Lipinski definition) is 3. The van der Waals surface area contributed by atoms with Gasteiger partial charge in [0.15, 0.2) is 0 Å². The zero-order valence-corrected chi connectivity index (χ0v) is 13.1. The van der Waals surface area contributed by atoms with Crippen molar-refractivity contribution in [1.82, 2.24) is 10.6 Å². The van der Waals surface area contributed by atoms with Crippen LogP contribution in [0.2, 0.25) is 0 Å². The topological polar surface area (TPSA) is 93.5 Å². The van der Waals surface area contributed by atoms with E-state index < -0.39 is 5.54 Å². The van der Waals surface area contributed by atoms with Gasteiger partial charge in [0.1, 0.15) is 5.54 Å². The Bertz CT molecular complexity index is 310. The maximum Gasteiger partial charge on any atom is 0.325 e. The molecular formula is C14H29N3O3. The normalized spacial score (nSPS) is 15.4. The van der Waals surface area contributed by atoms with Crippen LogP contribution in [0, 0.1) is 0 Å². The van der Waals surface area contributed by atoms with E-state index in [1.165, 1.54) is 7.11 Å². The number of ether oxygens (including phenoxy) is 1. The first kappa shape index (κ1) is 18.9. The smallest absolute Gasteiger partial charge is 0.325 e. The zero-order chi connectivity index (χ0) is 15.6. The van der Waals surface area contributed by atoms with Crippen molar-refractivity contribution in [3.63, 3.8) is 0 Å². The molecule has 4 N–H and O–H groups in total. The molecule has 0 saturated carbocycles. The fourth-order valence-electron chi connectivity index (χ4n) is 2.14. The molecule has 0 fully saturated rings. The molecule has 0 aromatic heterocycles.